The predicted octanol–water partition coefficient (Wildman–Crippen LogP) is 4.07. The Bertz CT molecular complexity index is 669. The fourth-order valence-corrected chi connectivity index (χ4v) is 4.76. The highest BCUT2D eigenvalue weighted by Crippen LogP contribution is 2.55. The van der Waals surface area contributed by atoms with Crippen molar-refractivity contribution >= 4 is 22.7 Å². The predicted molar refractivity (Wildman–Crippen MR) is 76.2 cm³/mol. The highest BCUT2D eigenvalue weighted by molar-refractivity contribution is 7.21. The Morgan fingerprint density at radius 3 is 1.89 bits per heavy atom. The maximum absolute atomic E-state index is 11.3. The quantitative estimate of drug-likeness (QED) is 0.706. The SMILES string of the molecule is OC1(c2ccccc2)c2ccsc2-c2sccc21. The zero-order valence-electron chi connectivity index (χ0n) is 9.46. The van der Waals surface area contributed by atoms with Gasteiger partial charge in [-0.15, -0.1) is 22.7 Å². The monoisotopic (exact) mass is 270 g/mol. The molecule has 3 aromatic rings. The molecule has 3 heteroatoms. The van der Waals surface area contributed by atoms with Gasteiger partial charge in [-0.1, -0.05) is 30.3 Å². The molecule has 1 aromatic carbocycles. The van der Waals surface area contributed by atoms with Crippen molar-refractivity contribution in [2.75, 3.05) is 0 Å². The lowest BCUT2D eigenvalue weighted by Gasteiger charge is -2.24. The molecule has 0 amide bonds. The lowest BCUT2D eigenvalue weighted by Crippen LogP contribution is -2.25. The van der Waals surface area contributed by atoms with Crippen molar-refractivity contribution in [3.05, 3.63) is 69.9 Å². The third kappa shape index (κ3) is 1.14. The van der Waals surface area contributed by atoms with E-state index >= 15 is 0 Å². The minimum absolute atomic E-state index is 0.946. The molecule has 0 bridgehead atoms. The van der Waals surface area contributed by atoms with Gasteiger partial charge in [-0.2, -0.15) is 0 Å². The second-order valence-electron chi connectivity index (χ2n) is 4.40. The van der Waals surface area contributed by atoms with Crippen LogP contribution < -0.4 is 0 Å². The van der Waals surface area contributed by atoms with Crippen LogP contribution in [-0.2, 0) is 5.60 Å². The van der Waals surface area contributed by atoms with E-state index in [4.69, 9.17) is 0 Å². The molecule has 0 aliphatic heterocycles. The van der Waals surface area contributed by atoms with Gasteiger partial charge in [0.1, 0.15) is 5.60 Å². The van der Waals surface area contributed by atoms with Gasteiger partial charge in [-0.05, 0) is 28.5 Å². The van der Waals surface area contributed by atoms with Gasteiger partial charge >= 0.3 is 0 Å². The molecule has 0 atom stereocenters. The lowest BCUT2D eigenvalue weighted by atomic mass is 9.86. The Morgan fingerprint density at radius 2 is 1.33 bits per heavy atom. The summed E-state index contributed by atoms with van der Waals surface area (Å²) in [4.78, 5) is 2.43. The first-order valence-corrected chi connectivity index (χ1v) is 7.52. The van der Waals surface area contributed by atoms with Crippen molar-refractivity contribution in [1.29, 1.82) is 0 Å². The van der Waals surface area contributed by atoms with E-state index in [1.807, 2.05) is 42.5 Å². The van der Waals surface area contributed by atoms with Gasteiger partial charge in [0, 0.05) is 11.1 Å². The van der Waals surface area contributed by atoms with Crippen LogP contribution in [0.3, 0.4) is 0 Å². The van der Waals surface area contributed by atoms with E-state index in [2.05, 4.69) is 10.8 Å². The Hall–Kier alpha value is -1.42. The molecule has 1 nitrogen and oxygen atoms in total. The van der Waals surface area contributed by atoms with Gasteiger partial charge in [-0.25, -0.2) is 0 Å². The molecule has 1 N–H and O–H groups in total. The highest BCUT2D eigenvalue weighted by atomic mass is 32.1. The number of hydrogen-bond donors (Lipinski definition) is 1. The third-order valence-electron chi connectivity index (χ3n) is 3.51. The maximum Gasteiger partial charge on any atom is 0.143 e. The summed E-state index contributed by atoms with van der Waals surface area (Å²) in [5.74, 6) is 0. The minimum atomic E-state index is -0.966. The molecule has 0 saturated carbocycles. The van der Waals surface area contributed by atoms with Gasteiger partial charge in [0.05, 0.1) is 9.75 Å². The van der Waals surface area contributed by atoms with Crippen molar-refractivity contribution in [3.8, 4) is 9.75 Å². The van der Waals surface area contributed by atoms with Crippen LogP contribution in [0.5, 0.6) is 0 Å². The second kappa shape index (κ2) is 3.54. The Morgan fingerprint density at radius 1 is 0.778 bits per heavy atom. The van der Waals surface area contributed by atoms with Gasteiger partial charge in [0.2, 0.25) is 0 Å². The maximum atomic E-state index is 11.3. The number of thiophene rings is 2. The van der Waals surface area contributed by atoms with E-state index in [1.165, 1.54) is 9.75 Å². The van der Waals surface area contributed by atoms with Crippen molar-refractivity contribution in [1.82, 2.24) is 0 Å². The van der Waals surface area contributed by atoms with E-state index in [1.54, 1.807) is 22.7 Å². The number of rotatable bonds is 1. The smallest absolute Gasteiger partial charge is 0.143 e. The number of hydrogen-bond acceptors (Lipinski definition) is 3. The topological polar surface area (TPSA) is 20.2 Å². The van der Waals surface area contributed by atoms with Crippen molar-refractivity contribution < 1.29 is 5.11 Å². The fourth-order valence-electron chi connectivity index (χ4n) is 2.68. The summed E-state index contributed by atoms with van der Waals surface area (Å²) in [6, 6.07) is 14.0. The molecule has 0 radical (unpaired) electrons. The first-order valence-electron chi connectivity index (χ1n) is 5.76. The van der Waals surface area contributed by atoms with Gasteiger partial charge < -0.3 is 5.11 Å². The van der Waals surface area contributed by atoms with E-state index in [0.29, 0.717) is 0 Å². The van der Waals surface area contributed by atoms with Crippen LogP contribution in [0.4, 0.5) is 0 Å². The Kier molecular flexibility index (Phi) is 2.07. The average molecular weight is 270 g/mol. The van der Waals surface area contributed by atoms with Crippen LogP contribution in [0.1, 0.15) is 16.7 Å². The number of aliphatic hydroxyl groups is 1. The summed E-state index contributed by atoms with van der Waals surface area (Å²) in [5.41, 5.74) is 2.04. The molecule has 0 fully saturated rings. The van der Waals surface area contributed by atoms with E-state index in [9.17, 15) is 5.11 Å². The molecular formula is C15H10OS2. The lowest BCUT2D eigenvalue weighted by molar-refractivity contribution is 0.131. The molecule has 88 valence electrons. The second-order valence-corrected chi connectivity index (χ2v) is 6.24. The van der Waals surface area contributed by atoms with E-state index in [-0.39, 0.29) is 0 Å². The first kappa shape index (κ1) is 10.5. The van der Waals surface area contributed by atoms with E-state index in [0.717, 1.165) is 16.7 Å². The summed E-state index contributed by atoms with van der Waals surface area (Å²) < 4.78 is 0. The molecule has 2 aromatic heterocycles. The van der Waals surface area contributed by atoms with Crippen LogP contribution in [0.25, 0.3) is 9.75 Å². The van der Waals surface area contributed by atoms with E-state index < -0.39 is 5.60 Å². The van der Waals surface area contributed by atoms with Gasteiger partial charge in [0.15, 0.2) is 0 Å². The third-order valence-corrected chi connectivity index (χ3v) is 5.50. The molecule has 1 aliphatic rings. The zero-order valence-corrected chi connectivity index (χ0v) is 11.1. The highest BCUT2D eigenvalue weighted by Gasteiger charge is 2.44. The summed E-state index contributed by atoms with van der Waals surface area (Å²) in [5, 5.41) is 15.4. The normalized spacial score (nSPS) is 15.4. The summed E-state index contributed by atoms with van der Waals surface area (Å²) in [6.07, 6.45) is 0. The zero-order chi connectivity index (χ0) is 12.2. The summed E-state index contributed by atoms with van der Waals surface area (Å²) in [6.45, 7) is 0. The minimum Gasteiger partial charge on any atom is -0.376 e. The molecule has 1 aliphatic carbocycles. The van der Waals surface area contributed by atoms with Crippen molar-refractivity contribution in [2.24, 2.45) is 0 Å². The van der Waals surface area contributed by atoms with Gasteiger partial charge in [-0.3, -0.25) is 0 Å². The average Bonchev–Trinajstić information content (AvgIpc) is 3.09. The molecule has 18 heavy (non-hydrogen) atoms. The molecule has 4 rings (SSSR count). The Balaban J connectivity index is 2.08. The largest absolute Gasteiger partial charge is 0.376 e. The van der Waals surface area contributed by atoms with Crippen LogP contribution in [0.2, 0.25) is 0 Å². The van der Waals surface area contributed by atoms with Gasteiger partial charge in [0.25, 0.3) is 0 Å². The standard InChI is InChI=1S/C15H10OS2/c16-15(10-4-2-1-3-5-10)11-6-8-17-13(11)14-12(15)7-9-18-14/h1-9,16H. The summed E-state index contributed by atoms with van der Waals surface area (Å²) >= 11 is 3.41. The molecule has 2 heterocycles. The number of fused-ring (bicyclic) bond motifs is 3. The first-order chi connectivity index (χ1) is 8.82. The van der Waals surface area contributed by atoms with Crippen LogP contribution in [-0.4, -0.2) is 5.11 Å². The van der Waals surface area contributed by atoms with Crippen LogP contribution >= 0.6 is 22.7 Å². The van der Waals surface area contributed by atoms with Crippen LogP contribution in [0.15, 0.2) is 53.2 Å². The molecule has 0 saturated heterocycles. The van der Waals surface area contributed by atoms with Crippen molar-refractivity contribution in [3.63, 3.8) is 0 Å². The molecule has 0 spiro atoms. The van der Waals surface area contributed by atoms with Crippen LogP contribution in [0, 0.1) is 0 Å². The van der Waals surface area contributed by atoms with Crippen molar-refractivity contribution in [2.45, 2.75) is 5.60 Å². The Labute approximate surface area is 113 Å². The molecular weight excluding hydrogens is 260 g/mol. The summed E-state index contributed by atoms with van der Waals surface area (Å²) in [7, 11) is 0. The fraction of sp³-hybridized carbons (Fsp3) is 0.0667. The molecule has 0 unspecified atom stereocenters. The number of benzene rings is 1.